The van der Waals surface area contributed by atoms with Gasteiger partial charge in [-0.25, -0.2) is 4.39 Å². The molecule has 4 atom stereocenters. The molecule has 192 valence electrons. The highest BCUT2D eigenvalue weighted by Crippen LogP contribution is 2.56. The quantitative estimate of drug-likeness (QED) is 0.465. The number of hydrogen-bond donors (Lipinski definition) is 4. The average molecular weight is 534 g/mol. The van der Waals surface area contributed by atoms with Crippen LogP contribution in [-0.4, -0.2) is 41.2 Å². The van der Waals surface area contributed by atoms with Crippen molar-refractivity contribution >= 4 is 40.7 Å². The number of amides is 2. The summed E-state index contributed by atoms with van der Waals surface area (Å²) in [5.74, 6) is -1.74. The number of anilines is 1. The second-order valence-electron chi connectivity index (χ2n) is 11.5. The summed E-state index contributed by atoms with van der Waals surface area (Å²) in [5.41, 5.74) is 0.620. The molecule has 0 unspecified atom stereocenters. The van der Waals surface area contributed by atoms with Crippen LogP contribution in [0.5, 0.6) is 0 Å². The van der Waals surface area contributed by atoms with Crippen molar-refractivity contribution in [3.05, 3.63) is 63.4 Å². The van der Waals surface area contributed by atoms with Gasteiger partial charge < -0.3 is 21.1 Å². The predicted molar refractivity (Wildman–Crippen MR) is 138 cm³/mol. The molecular formula is C27H30Cl2FN3O3. The minimum atomic E-state index is -1.16. The first-order chi connectivity index (χ1) is 16.9. The van der Waals surface area contributed by atoms with Crippen LogP contribution in [0.4, 0.5) is 10.1 Å². The van der Waals surface area contributed by atoms with E-state index in [-0.39, 0.29) is 28.3 Å². The van der Waals surface area contributed by atoms with Gasteiger partial charge in [0.05, 0.1) is 17.2 Å². The third kappa shape index (κ3) is 4.20. The fourth-order valence-corrected chi connectivity index (χ4v) is 6.49. The van der Waals surface area contributed by atoms with E-state index in [4.69, 9.17) is 23.2 Å². The van der Waals surface area contributed by atoms with Gasteiger partial charge in [0, 0.05) is 28.7 Å². The third-order valence-corrected chi connectivity index (χ3v) is 8.19. The van der Waals surface area contributed by atoms with E-state index in [0.717, 1.165) is 5.56 Å². The molecule has 0 bridgehead atoms. The van der Waals surface area contributed by atoms with E-state index in [2.05, 4.69) is 36.7 Å². The van der Waals surface area contributed by atoms with Gasteiger partial charge in [0.25, 0.3) is 0 Å². The summed E-state index contributed by atoms with van der Waals surface area (Å²) in [5, 5.41) is 19.7. The molecule has 2 aromatic rings. The van der Waals surface area contributed by atoms with E-state index in [9.17, 15) is 19.1 Å². The molecule has 3 aliphatic rings. The van der Waals surface area contributed by atoms with Gasteiger partial charge in [0.1, 0.15) is 11.2 Å². The number of carbonyl (C=O) groups is 2. The van der Waals surface area contributed by atoms with Crippen LogP contribution in [0.3, 0.4) is 0 Å². The van der Waals surface area contributed by atoms with Crippen LogP contribution < -0.4 is 16.0 Å². The number of benzene rings is 2. The number of halogens is 3. The fraction of sp³-hybridized carbons (Fsp3) is 0.481. The van der Waals surface area contributed by atoms with Crippen molar-refractivity contribution in [1.29, 1.82) is 0 Å². The molecule has 2 heterocycles. The van der Waals surface area contributed by atoms with Gasteiger partial charge in [-0.2, -0.15) is 0 Å². The second kappa shape index (κ2) is 8.98. The molecule has 0 radical (unpaired) electrons. The van der Waals surface area contributed by atoms with Crippen LogP contribution in [0.15, 0.2) is 36.4 Å². The number of hydrogen-bond acceptors (Lipinski definition) is 4. The molecule has 0 aromatic heterocycles. The molecule has 6 nitrogen and oxygen atoms in total. The molecule has 2 aromatic carbocycles. The summed E-state index contributed by atoms with van der Waals surface area (Å²) < 4.78 is 14.2. The summed E-state index contributed by atoms with van der Waals surface area (Å²) in [6, 6.07) is 8.36. The number of aliphatic hydroxyl groups is 1. The largest absolute Gasteiger partial charge is 0.393 e. The molecule has 1 saturated carbocycles. The SMILES string of the molecule is CC(C)(C)C[C@H]1N[C@@H](C(=O)N[C@H]2C[C@H](O)C2)[C@H](c2ccc(F)c(Cl)c2)[C@@]12C(=O)Nc1cc(Cl)ccc12. The second-order valence-corrected chi connectivity index (χ2v) is 12.3. The standard InChI is InChI=1S/C27H30Cl2FN3O3/c1-26(2,3)12-21-27(17-6-5-14(28)9-20(17)32-25(27)36)22(13-4-7-19(30)18(29)8-13)23(33-21)24(35)31-15-10-16(34)11-15/h4-9,15-16,21-23,33-34H,10-12H2,1-3H3,(H,31,35)(H,32,36)/t15-,16-,21-,22+,23-,27+/m1/s1. The number of carbonyl (C=O) groups excluding carboxylic acids is 2. The van der Waals surface area contributed by atoms with Gasteiger partial charge in [-0.05, 0) is 60.1 Å². The minimum absolute atomic E-state index is 0.0714. The van der Waals surface area contributed by atoms with Gasteiger partial charge in [-0.3, -0.25) is 9.59 Å². The van der Waals surface area contributed by atoms with Crippen molar-refractivity contribution in [2.45, 2.75) is 75.6 Å². The highest BCUT2D eigenvalue weighted by atomic mass is 35.5. The monoisotopic (exact) mass is 533 g/mol. The van der Waals surface area contributed by atoms with E-state index < -0.39 is 35.3 Å². The third-order valence-electron chi connectivity index (χ3n) is 7.67. The first-order valence-corrected chi connectivity index (χ1v) is 13.0. The molecule has 2 fully saturated rings. The Balaban J connectivity index is 1.69. The van der Waals surface area contributed by atoms with Crippen LogP contribution in [-0.2, 0) is 15.0 Å². The smallest absolute Gasteiger partial charge is 0.238 e. The first kappa shape index (κ1) is 25.5. The predicted octanol–water partition coefficient (Wildman–Crippen LogP) is 4.52. The number of fused-ring (bicyclic) bond motifs is 2. The normalized spacial score (nSPS) is 31.2. The fourth-order valence-electron chi connectivity index (χ4n) is 6.12. The highest BCUT2D eigenvalue weighted by molar-refractivity contribution is 6.31. The van der Waals surface area contributed by atoms with Crippen LogP contribution >= 0.6 is 23.2 Å². The van der Waals surface area contributed by atoms with Gasteiger partial charge in [0.15, 0.2) is 0 Å². The highest BCUT2D eigenvalue weighted by Gasteiger charge is 2.65. The molecule has 1 spiro atoms. The maximum atomic E-state index is 14.2. The summed E-state index contributed by atoms with van der Waals surface area (Å²) >= 11 is 12.5. The Kier molecular flexibility index (Phi) is 6.35. The Morgan fingerprint density at radius 2 is 1.92 bits per heavy atom. The lowest BCUT2D eigenvalue weighted by Gasteiger charge is -2.38. The zero-order chi connectivity index (χ0) is 26.0. The first-order valence-electron chi connectivity index (χ1n) is 12.2. The average Bonchev–Trinajstić information content (AvgIpc) is 3.23. The number of aliphatic hydroxyl groups excluding tert-OH is 1. The molecular weight excluding hydrogens is 504 g/mol. The van der Waals surface area contributed by atoms with E-state index in [0.29, 0.717) is 35.5 Å². The van der Waals surface area contributed by atoms with Crippen LogP contribution in [0.2, 0.25) is 10.0 Å². The van der Waals surface area contributed by atoms with Crippen molar-refractivity contribution in [2.75, 3.05) is 5.32 Å². The van der Waals surface area contributed by atoms with E-state index >= 15 is 0 Å². The van der Waals surface area contributed by atoms with E-state index in [1.807, 2.05) is 6.07 Å². The van der Waals surface area contributed by atoms with Gasteiger partial charge >= 0.3 is 0 Å². The van der Waals surface area contributed by atoms with Crippen molar-refractivity contribution in [3.63, 3.8) is 0 Å². The zero-order valence-corrected chi connectivity index (χ0v) is 21.9. The van der Waals surface area contributed by atoms with Crippen molar-refractivity contribution in [1.82, 2.24) is 10.6 Å². The Bertz CT molecular complexity index is 1230. The molecule has 1 saturated heterocycles. The lowest BCUT2D eigenvalue weighted by Crippen LogP contribution is -2.53. The Hall–Kier alpha value is -2.19. The van der Waals surface area contributed by atoms with Crippen LogP contribution in [0.25, 0.3) is 0 Å². The molecule has 5 rings (SSSR count). The lowest BCUT2D eigenvalue weighted by molar-refractivity contribution is -0.125. The molecule has 9 heteroatoms. The maximum absolute atomic E-state index is 14.2. The Morgan fingerprint density at radius 1 is 1.19 bits per heavy atom. The summed E-state index contributed by atoms with van der Waals surface area (Å²) in [6.45, 7) is 6.26. The van der Waals surface area contributed by atoms with Crippen molar-refractivity contribution in [3.8, 4) is 0 Å². The molecule has 2 amide bonds. The summed E-state index contributed by atoms with van der Waals surface area (Å²) in [4.78, 5) is 27.7. The lowest BCUT2D eigenvalue weighted by atomic mass is 9.62. The topological polar surface area (TPSA) is 90.5 Å². The van der Waals surface area contributed by atoms with E-state index in [1.54, 1.807) is 18.2 Å². The number of rotatable bonds is 4. The minimum Gasteiger partial charge on any atom is -0.393 e. The van der Waals surface area contributed by atoms with Gasteiger partial charge in [0.2, 0.25) is 11.8 Å². The molecule has 1 aliphatic carbocycles. The molecule has 2 aliphatic heterocycles. The zero-order valence-electron chi connectivity index (χ0n) is 20.4. The molecule has 36 heavy (non-hydrogen) atoms. The van der Waals surface area contributed by atoms with Crippen molar-refractivity contribution < 1.29 is 19.1 Å². The van der Waals surface area contributed by atoms with Gasteiger partial charge in [-0.15, -0.1) is 0 Å². The summed E-state index contributed by atoms with van der Waals surface area (Å²) in [6.07, 6.45) is 1.16. The summed E-state index contributed by atoms with van der Waals surface area (Å²) in [7, 11) is 0. The Morgan fingerprint density at radius 3 is 2.56 bits per heavy atom. The van der Waals surface area contributed by atoms with Gasteiger partial charge in [-0.1, -0.05) is 56.1 Å². The number of nitrogens with one attached hydrogen (secondary N) is 3. The Labute approximate surface area is 219 Å². The van der Waals surface area contributed by atoms with Crippen LogP contribution in [0, 0.1) is 11.2 Å². The van der Waals surface area contributed by atoms with Crippen molar-refractivity contribution in [2.24, 2.45) is 5.41 Å². The van der Waals surface area contributed by atoms with E-state index in [1.165, 1.54) is 12.1 Å². The molecule has 4 N–H and O–H groups in total. The van der Waals surface area contributed by atoms with Crippen LogP contribution in [0.1, 0.15) is 57.1 Å². The maximum Gasteiger partial charge on any atom is 0.238 e.